The van der Waals surface area contributed by atoms with Gasteiger partial charge in [-0.05, 0) is 34.7 Å². The second-order valence-electron chi connectivity index (χ2n) is 5.04. The number of halogens is 2. The second-order valence-corrected chi connectivity index (χ2v) is 5.89. The molecule has 0 amide bonds. The summed E-state index contributed by atoms with van der Waals surface area (Å²) in [6.45, 7) is 0.972. The molecule has 0 aliphatic carbocycles. The van der Waals surface area contributed by atoms with Crippen LogP contribution in [0.15, 0.2) is 16.6 Å². The van der Waals surface area contributed by atoms with Gasteiger partial charge in [-0.1, -0.05) is 0 Å². The Hall–Kier alpha value is -1.70. The van der Waals surface area contributed by atoms with Crippen LogP contribution in [0.5, 0.6) is 0 Å². The summed E-state index contributed by atoms with van der Waals surface area (Å²) in [5, 5.41) is 19.9. The van der Waals surface area contributed by atoms with Gasteiger partial charge < -0.3 is 10.0 Å². The third-order valence-corrected chi connectivity index (χ3v) is 4.24. The molecule has 0 spiro atoms. The molecule has 0 bridgehead atoms. The topological polar surface area (TPSA) is 83.7 Å². The summed E-state index contributed by atoms with van der Waals surface area (Å²) < 4.78 is 13.7. The van der Waals surface area contributed by atoms with Gasteiger partial charge in [0, 0.05) is 31.6 Å². The van der Waals surface area contributed by atoms with Gasteiger partial charge in [0.25, 0.3) is 5.69 Å². The predicted octanol–water partition coefficient (Wildman–Crippen LogP) is 3.19. The molecule has 21 heavy (non-hydrogen) atoms. The molecule has 8 heteroatoms. The van der Waals surface area contributed by atoms with Crippen LogP contribution >= 0.6 is 15.9 Å². The molecule has 0 saturated carbocycles. The maximum absolute atomic E-state index is 13.7. The molecular weight excluding hydrogens is 347 g/mol. The molecule has 1 fully saturated rings. The van der Waals surface area contributed by atoms with Crippen molar-refractivity contribution in [2.24, 2.45) is 5.92 Å². The minimum absolute atomic E-state index is 0.0544. The number of carbonyl (C=O) groups is 1. The normalized spacial score (nSPS) is 16.0. The fourth-order valence-electron chi connectivity index (χ4n) is 2.55. The molecule has 1 aromatic carbocycles. The molecule has 1 aromatic rings. The number of hydrogen-bond donors (Lipinski definition) is 1. The first-order valence-electron chi connectivity index (χ1n) is 6.48. The number of anilines is 1. The third-order valence-electron chi connectivity index (χ3n) is 3.63. The molecule has 0 unspecified atom stereocenters. The Morgan fingerprint density at radius 3 is 2.62 bits per heavy atom. The highest BCUT2D eigenvalue weighted by molar-refractivity contribution is 9.10. The smallest absolute Gasteiger partial charge is 0.303 e. The van der Waals surface area contributed by atoms with E-state index in [0.717, 1.165) is 12.1 Å². The molecule has 1 aliphatic rings. The van der Waals surface area contributed by atoms with Gasteiger partial charge >= 0.3 is 5.97 Å². The zero-order valence-electron chi connectivity index (χ0n) is 11.1. The van der Waals surface area contributed by atoms with E-state index in [1.54, 1.807) is 4.90 Å². The number of aliphatic carboxylic acids is 1. The Morgan fingerprint density at radius 1 is 1.48 bits per heavy atom. The number of piperidine rings is 1. The molecule has 1 N–H and O–H groups in total. The van der Waals surface area contributed by atoms with Crippen LogP contribution in [0.2, 0.25) is 0 Å². The molecular formula is C13H14BrFN2O4. The predicted molar refractivity (Wildman–Crippen MR) is 77.9 cm³/mol. The molecule has 0 atom stereocenters. The van der Waals surface area contributed by atoms with E-state index in [0.29, 0.717) is 25.9 Å². The second kappa shape index (κ2) is 6.38. The van der Waals surface area contributed by atoms with E-state index in [9.17, 15) is 19.3 Å². The number of rotatable bonds is 4. The maximum Gasteiger partial charge on any atom is 0.303 e. The molecule has 1 aliphatic heterocycles. The Kier molecular flexibility index (Phi) is 4.76. The van der Waals surface area contributed by atoms with Crippen LogP contribution in [0.1, 0.15) is 19.3 Å². The van der Waals surface area contributed by atoms with Crippen LogP contribution in [-0.4, -0.2) is 29.1 Å². The van der Waals surface area contributed by atoms with Crippen LogP contribution in [0.25, 0.3) is 0 Å². The molecule has 114 valence electrons. The number of nitro benzene ring substituents is 1. The lowest BCUT2D eigenvalue weighted by Crippen LogP contribution is -2.34. The largest absolute Gasteiger partial charge is 0.481 e. The number of nitro groups is 1. The number of hydrogen-bond acceptors (Lipinski definition) is 4. The number of carboxylic acids is 1. The highest BCUT2D eigenvalue weighted by Crippen LogP contribution is 2.35. The first-order valence-corrected chi connectivity index (χ1v) is 7.28. The number of carboxylic acid groups (broad SMARTS) is 1. The van der Waals surface area contributed by atoms with Gasteiger partial charge in [0.2, 0.25) is 0 Å². The fraction of sp³-hybridized carbons (Fsp3) is 0.462. The Balaban J connectivity index is 2.18. The zero-order valence-corrected chi connectivity index (χ0v) is 12.7. The molecule has 0 aromatic heterocycles. The SMILES string of the molecule is O=C(O)CC1CCN(c2cc(F)c(Br)cc2[N+](=O)[O-])CC1. The van der Waals surface area contributed by atoms with Crippen molar-refractivity contribution in [3.05, 3.63) is 32.5 Å². The number of nitrogens with zero attached hydrogens (tertiary/aromatic N) is 2. The fourth-order valence-corrected chi connectivity index (χ4v) is 2.88. The average molecular weight is 361 g/mol. The first-order chi connectivity index (χ1) is 9.88. The lowest BCUT2D eigenvalue weighted by molar-refractivity contribution is -0.384. The number of benzene rings is 1. The van der Waals surface area contributed by atoms with E-state index >= 15 is 0 Å². The van der Waals surface area contributed by atoms with E-state index in [1.165, 1.54) is 0 Å². The van der Waals surface area contributed by atoms with Gasteiger partial charge in [-0.15, -0.1) is 0 Å². The Bertz CT molecular complexity index is 574. The Morgan fingerprint density at radius 2 is 2.10 bits per heavy atom. The van der Waals surface area contributed by atoms with Crippen LogP contribution in [0, 0.1) is 21.8 Å². The van der Waals surface area contributed by atoms with Gasteiger partial charge in [0.15, 0.2) is 0 Å². The van der Waals surface area contributed by atoms with E-state index < -0.39 is 16.7 Å². The summed E-state index contributed by atoms with van der Waals surface area (Å²) in [7, 11) is 0. The molecule has 6 nitrogen and oxygen atoms in total. The summed E-state index contributed by atoms with van der Waals surface area (Å²) in [6, 6.07) is 2.31. The average Bonchev–Trinajstić information content (AvgIpc) is 2.41. The van der Waals surface area contributed by atoms with Crippen LogP contribution in [0.4, 0.5) is 15.8 Å². The monoisotopic (exact) mass is 360 g/mol. The molecule has 1 heterocycles. The highest BCUT2D eigenvalue weighted by atomic mass is 79.9. The van der Waals surface area contributed by atoms with Gasteiger partial charge in [-0.3, -0.25) is 14.9 Å². The van der Waals surface area contributed by atoms with Crippen molar-refractivity contribution in [2.75, 3.05) is 18.0 Å². The van der Waals surface area contributed by atoms with Gasteiger partial charge in [-0.2, -0.15) is 0 Å². The summed E-state index contributed by atoms with van der Waals surface area (Å²) in [6.07, 6.45) is 1.35. The van der Waals surface area contributed by atoms with Crippen molar-refractivity contribution in [1.82, 2.24) is 0 Å². The lowest BCUT2D eigenvalue weighted by atomic mass is 9.93. The molecule has 1 saturated heterocycles. The minimum Gasteiger partial charge on any atom is -0.481 e. The zero-order chi connectivity index (χ0) is 15.6. The van der Waals surface area contributed by atoms with Crippen molar-refractivity contribution in [3.8, 4) is 0 Å². The van der Waals surface area contributed by atoms with Crippen LogP contribution in [0.3, 0.4) is 0 Å². The molecule has 0 radical (unpaired) electrons. The summed E-state index contributed by atoms with van der Waals surface area (Å²) in [5.41, 5.74) is 0.0921. The minimum atomic E-state index is -0.839. The van der Waals surface area contributed by atoms with Crippen molar-refractivity contribution >= 4 is 33.3 Å². The van der Waals surface area contributed by atoms with E-state index in [2.05, 4.69) is 15.9 Å². The Labute approximate surface area is 128 Å². The summed E-state index contributed by atoms with van der Waals surface area (Å²) in [4.78, 5) is 23.0. The van der Waals surface area contributed by atoms with Crippen molar-refractivity contribution < 1.29 is 19.2 Å². The summed E-state index contributed by atoms with van der Waals surface area (Å²) in [5.74, 6) is -1.32. The quantitative estimate of drug-likeness (QED) is 0.658. The van der Waals surface area contributed by atoms with Crippen molar-refractivity contribution in [3.63, 3.8) is 0 Å². The maximum atomic E-state index is 13.7. The highest BCUT2D eigenvalue weighted by Gasteiger charge is 2.27. The third kappa shape index (κ3) is 3.69. The van der Waals surface area contributed by atoms with Crippen LogP contribution in [-0.2, 0) is 4.79 Å². The van der Waals surface area contributed by atoms with Crippen molar-refractivity contribution in [2.45, 2.75) is 19.3 Å². The standard InChI is InChI=1S/C13H14BrFN2O4/c14-9-6-12(17(20)21)11(7-10(9)15)16-3-1-8(2-4-16)5-13(18)19/h6-8H,1-5H2,(H,18,19). The van der Waals surface area contributed by atoms with Gasteiger partial charge in [0.1, 0.15) is 11.5 Å². The summed E-state index contributed by atoms with van der Waals surface area (Å²) >= 11 is 2.95. The lowest BCUT2D eigenvalue weighted by Gasteiger charge is -2.32. The molecule has 2 rings (SSSR count). The van der Waals surface area contributed by atoms with E-state index in [-0.39, 0.29) is 28.2 Å². The first kappa shape index (κ1) is 15.7. The van der Waals surface area contributed by atoms with E-state index in [4.69, 9.17) is 5.11 Å². The van der Waals surface area contributed by atoms with Crippen molar-refractivity contribution in [1.29, 1.82) is 0 Å². The van der Waals surface area contributed by atoms with Gasteiger partial charge in [-0.25, -0.2) is 4.39 Å². The van der Waals surface area contributed by atoms with Gasteiger partial charge in [0.05, 0.1) is 9.40 Å². The van der Waals surface area contributed by atoms with Crippen LogP contribution < -0.4 is 4.90 Å². The van der Waals surface area contributed by atoms with E-state index in [1.807, 2.05) is 0 Å².